The molecule has 0 bridgehead atoms. The van der Waals surface area contributed by atoms with Crippen LogP contribution in [0.25, 0.3) is 0 Å². The molecule has 0 aliphatic heterocycles. The average molecular weight is 403 g/mol. The van der Waals surface area contributed by atoms with Gasteiger partial charge in [-0.2, -0.15) is 0 Å². The van der Waals surface area contributed by atoms with Crippen LogP contribution in [-0.2, 0) is 9.88 Å². The Morgan fingerprint density at radius 2 is 1.08 bits per heavy atom. The van der Waals surface area contributed by atoms with Crippen LogP contribution in [0, 0.1) is 0 Å². The van der Waals surface area contributed by atoms with E-state index >= 15 is 0 Å². The van der Waals surface area contributed by atoms with E-state index in [4.69, 9.17) is 9.05 Å². The summed E-state index contributed by atoms with van der Waals surface area (Å²) in [5.41, 5.74) is 1.13. The molecule has 0 fully saturated rings. The summed E-state index contributed by atoms with van der Waals surface area (Å²) in [5, 5.41) is 0.685. The molecule has 3 aromatic carbocycles. The summed E-state index contributed by atoms with van der Waals surface area (Å²) in [6.07, 6.45) is -3.27. The van der Waals surface area contributed by atoms with Crippen LogP contribution in [-0.4, -0.2) is 14.5 Å². The number of hydrogen-bond donors (Lipinski definition) is 0. The topological polar surface area (TPSA) is 35.5 Å². The van der Waals surface area contributed by atoms with Crippen molar-refractivity contribution >= 4 is 20.8 Å². The molecule has 0 aliphatic rings. The van der Waals surface area contributed by atoms with Crippen LogP contribution in [0.15, 0.2) is 91.0 Å². The minimum absolute atomic E-state index is 0.347. The Morgan fingerprint density at radius 1 is 0.667 bits per heavy atom. The molecule has 0 unspecified atom stereocenters. The van der Waals surface area contributed by atoms with Crippen LogP contribution in [0.5, 0.6) is 11.5 Å². The second kappa shape index (κ2) is 8.21. The summed E-state index contributed by atoms with van der Waals surface area (Å²) in [6, 6.07) is 28.3. The first kappa shape index (κ1) is 16.9. The van der Waals surface area contributed by atoms with Gasteiger partial charge in [0.05, 0.1) is 0 Å². The van der Waals surface area contributed by atoms with Crippen molar-refractivity contribution in [2.45, 2.75) is 5.32 Å². The van der Waals surface area contributed by atoms with E-state index in [0.29, 0.717) is 16.8 Å². The van der Waals surface area contributed by atoms with Crippen molar-refractivity contribution in [1.82, 2.24) is 0 Å². The van der Waals surface area contributed by atoms with Crippen LogP contribution >= 0.6 is 6.29 Å². The fourth-order valence-electron chi connectivity index (χ4n) is 2.02. The second-order valence-electron chi connectivity index (χ2n) is 5.01. The van der Waals surface area contributed by atoms with E-state index in [9.17, 15) is 4.57 Å². The first-order valence-corrected chi connectivity index (χ1v) is 12.5. The Balaban J connectivity index is 1.78. The number of rotatable bonds is 7. The number of hydrogen-bond acceptors (Lipinski definition) is 3. The molecule has 0 aliphatic carbocycles. The molecule has 0 aromatic heterocycles. The van der Waals surface area contributed by atoms with Crippen LogP contribution in [0.4, 0.5) is 0 Å². The van der Waals surface area contributed by atoms with Gasteiger partial charge in [-0.1, -0.05) is 0 Å². The van der Waals surface area contributed by atoms with Gasteiger partial charge in [-0.3, -0.25) is 0 Å². The van der Waals surface area contributed by atoms with Gasteiger partial charge in [0.2, 0.25) is 0 Å². The molecule has 0 saturated carbocycles. The third-order valence-corrected chi connectivity index (χ3v) is 8.91. The molecule has 0 radical (unpaired) electrons. The van der Waals surface area contributed by atoms with Gasteiger partial charge in [0.1, 0.15) is 0 Å². The van der Waals surface area contributed by atoms with Gasteiger partial charge in [-0.05, 0) is 0 Å². The fraction of sp³-hybridized carbons (Fsp3) is 0.0526. The van der Waals surface area contributed by atoms with Gasteiger partial charge in [0.25, 0.3) is 0 Å². The monoisotopic (exact) mass is 404 g/mol. The molecule has 0 spiro atoms. The fourth-order valence-corrected chi connectivity index (χ4v) is 7.31. The Labute approximate surface area is 147 Å². The predicted molar refractivity (Wildman–Crippen MR) is 97.6 cm³/mol. The van der Waals surface area contributed by atoms with Crippen molar-refractivity contribution in [3.05, 3.63) is 96.6 Å². The van der Waals surface area contributed by atoms with Gasteiger partial charge in [0.15, 0.2) is 0 Å². The second-order valence-corrected chi connectivity index (χ2v) is 11.6. The number of para-hydroxylation sites is 2. The zero-order valence-electron chi connectivity index (χ0n) is 12.9. The maximum absolute atomic E-state index is 13.3. The zero-order chi connectivity index (χ0) is 16.7. The minimum atomic E-state index is -3.27. The van der Waals surface area contributed by atoms with E-state index < -0.39 is 6.29 Å². The van der Waals surface area contributed by atoms with E-state index in [-0.39, 0.29) is 14.5 Å². The molecule has 0 N–H and O–H groups in total. The molecule has 122 valence electrons. The summed E-state index contributed by atoms with van der Waals surface area (Å²) < 4.78 is 24.9. The molecular weight excluding hydrogens is 386 g/mol. The SMILES string of the molecule is O=P(Oc1ccccc1)(Oc1ccccc1)[Se]Cc1ccccc1. The van der Waals surface area contributed by atoms with Crippen LogP contribution in [0.2, 0.25) is 0 Å². The van der Waals surface area contributed by atoms with Gasteiger partial charge >= 0.3 is 148 Å². The van der Waals surface area contributed by atoms with Crippen molar-refractivity contribution < 1.29 is 13.6 Å². The third-order valence-electron chi connectivity index (χ3n) is 3.15. The molecule has 3 nitrogen and oxygen atoms in total. The first-order valence-electron chi connectivity index (χ1n) is 7.51. The van der Waals surface area contributed by atoms with Crippen molar-refractivity contribution in [1.29, 1.82) is 0 Å². The van der Waals surface area contributed by atoms with E-state index in [1.54, 1.807) is 24.3 Å². The van der Waals surface area contributed by atoms with E-state index in [1.165, 1.54) is 0 Å². The molecule has 24 heavy (non-hydrogen) atoms. The Hall–Kier alpha value is -1.99. The molecule has 3 rings (SSSR count). The molecule has 0 heterocycles. The van der Waals surface area contributed by atoms with Gasteiger partial charge in [-0.25, -0.2) is 0 Å². The quantitative estimate of drug-likeness (QED) is 0.404. The Morgan fingerprint density at radius 3 is 1.54 bits per heavy atom. The normalized spacial score (nSPS) is 11.0. The van der Waals surface area contributed by atoms with Crippen LogP contribution in [0.3, 0.4) is 0 Å². The predicted octanol–water partition coefficient (Wildman–Crippen LogP) is 5.16. The molecule has 5 heteroatoms. The summed E-state index contributed by atoms with van der Waals surface area (Å²) in [7, 11) is 0. The Kier molecular flexibility index (Phi) is 5.76. The summed E-state index contributed by atoms with van der Waals surface area (Å²) in [6.45, 7) is 0. The summed E-state index contributed by atoms with van der Waals surface area (Å²) >= 11 is -0.347. The van der Waals surface area contributed by atoms with Crippen LogP contribution < -0.4 is 9.05 Å². The summed E-state index contributed by atoms with van der Waals surface area (Å²) in [5.74, 6) is 1.12. The zero-order valence-corrected chi connectivity index (χ0v) is 15.6. The molecule has 3 aromatic rings. The van der Waals surface area contributed by atoms with Gasteiger partial charge in [-0.15, -0.1) is 0 Å². The van der Waals surface area contributed by atoms with Crippen molar-refractivity contribution in [2.24, 2.45) is 0 Å². The van der Waals surface area contributed by atoms with E-state index in [0.717, 1.165) is 5.56 Å². The summed E-state index contributed by atoms with van der Waals surface area (Å²) in [4.78, 5) is 0. The van der Waals surface area contributed by atoms with E-state index in [2.05, 4.69) is 0 Å². The van der Waals surface area contributed by atoms with Crippen LogP contribution in [0.1, 0.15) is 5.56 Å². The van der Waals surface area contributed by atoms with Crippen molar-refractivity contribution in [3.8, 4) is 11.5 Å². The molecule has 0 amide bonds. The average Bonchev–Trinajstić information content (AvgIpc) is 2.63. The van der Waals surface area contributed by atoms with Gasteiger partial charge in [0, 0.05) is 0 Å². The Bertz CT molecular complexity index is 749. The standard InChI is InChI=1S/C19H17O3PSe/c20-23(21-18-12-6-2-7-13-18,22-19-14-8-3-9-15-19)24-16-17-10-4-1-5-11-17/h1-15H,16H2. The molecule has 0 atom stereocenters. The third kappa shape index (κ3) is 5.00. The van der Waals surface area contributed by atoms with Crippen molar-refractivity contribution in [2.75, 3.05) is 0 Å². The maximum atomic E-state index is 13.3. The van der Waals surface area contributed by atoms with E-state index in [1.807, 2.05) is 66.7 Å². The van der Waals surface area contributed by atoms with Gasteiger partial charge < -0.3 is 0 Å². The molecule has 0 saturated heterocycles. The number of benzene rings is 3. The van der Waals surface area contributed by atoms with Crippen molar-refractivity contribution in [3.63, 3.8) is 0 Å². The molecular formula is C19H17O3PSe. The first-order chi connectivity index (χ1) is 11.7.